The first-order chi connectivity index (χ1) is 12.8. The molecule has 150 valence electrons. The van der Waals surface area contributed by atoms with Gasteiger partial charge in [-0.3, -0.25) is 0 Å². The summed E-state index contributed by atoms with van der Waals surface area (Å²) in [5.74, 6) is 2.15. The maximum Gasteiger partial charge on any atom is 0.0815 e. The molecule has 26 heavy (non-hydrogen) atoms. The highest BCUT2D eigenvalue weighted by Gasteiger charge is 2.37. The molecule has 0 aromatic carbocycles. The van der Waals surface area contributed by atoms with Crippen molar-refractivity contribution < 1.29 is 8.97 Å². The van der Waals surface area contributed by atoms with Crippen LogP contribution in [0.25, 0.3) is 0 Å². The van der Waals surface area contributed by atoms with E-state index in [1.165, 1.54) is 112 Å². The normalized spacial score (nSPS) is 29.1. The Morgan fingerprint density at radius 2 is 0.808 bits per heavy atom. The minimum Gasteiger partial charge on any atom is -0.323 e. The summed E-state index contributed by atoms with van der Waals surface area (Å²) >= 11 is 0. The Balaban J connectivity index is 1.24. The van der Waals surface area contributed by atoms with E-state index in [1.807, 2.05) is 0 Å². The van der Waals surface area contributed by atoms with Gasteiger partial charge in [-0.25, -0.2) is 0 Å². The molecular weight excluding hydrogens is 316 g/mol. The zero-order valence-corrected chi connectivity index (χ0v) is 17.6. The molecule has 4 fully saturated rings. The Labute approximate surface area is 163 Å². The number of likely N-dealkylation sites (tertiary alicyclic amines) is 2. The molecule has 0 unspecified atom stereocenters. The van der Waals surface area contributed by atoms with Crippen molar-refractivity contribution in [2.75, 3.05) is 52.4 Å². The summed E-state index contributed by atoms with van der Waals surface area (Å²) in [7, 11) is 0. The van der Waals surface area contributed by atoms with Crippen molar-refractivity contribution in [3.63, 3.8) is 0 Å². The van der Waals surface area contributed by atoms with Gasteiger partial charge in [0, 0.05) is 50.4 Å². The molecule has 0 atom stereocenters. The predicted molar refractivity (Wildman–Crippen MR) is 111 cm³/mol. The Bertz CT molecular complexity index is 368. The molecule has 2 aliphatic heterocycles. The Morgan fingerprint density at radius 3 is 1.15 bits per heavy atom. The first-order valence-electron chi connectivity index (χ1n) is 12.5. The van der Waals surface area contributed by atoms with Crippen LogP contribution in [0.5, 0.6) is 0 Å². The lowest BCUT2D eigenvalue weighted by Crippen LogP contribution is -2.50. The van der Waals surface area contributed by atoms with Gasteiger partial charge >= 0.3 is 0 Å². The molecule has 0 aromatic rings. The Kier molecular flexibility index (Phi) is 6.62. The molecule has 2 saturated heterocycles. The third-order valence-electron chi connectivity index (χ3n) is 8.79. The summed E-state index contributed by atoms with van der Waals surface area (Å²) in [6.07, 6.45) is 21.3. The molecule has 2 nitrogen and oxygen atoms in total. The fraction of sp³-hybridized carbons (Fsp3) is 1.00. The van der Waals surface area contributed by atoms with Gasteiger partial charge < -0.3 is 8.97 Å². The smallest absolute Gasteiger partial charge is 0.0815 e. The third-order valence-corrected chi connectivity index (χ3v) is 8.79. The number of hydrogen-bond acceptors (Lipinski definition) is 0. The van der Waals surface area contributed by atoms with Crippen LogP contribution in [-0.4, -0.2) is 61.3 Å². The lowest BCUT2D eigenvalue weighted by Gasteiger charge is -2.38. The number of hydrogen-bond donors (Lipinski definition) is 0. The largest absolute Gasteiger partial charge is 0.323 e. The average Bonchev–Trinajstić information content (AvgIpc) is 3.43. The van der Waals surface area contributed by atoms with E-state index >= 15 is 0 Å². The van der Waals surface area contributed by atoms with E-state index in [0.717, 1.165) is 11.8 Å². The topological polar surface area (TPSA) is 0 Å². The van der Waals surface area contributed by atoms with Crippen LogP contribution in [0.1, 0.15) is 89.9 Å². The van der Waals surface area contributed by atoms with E-state index < -0.39 is 0 Å². The minimum atomic E-state index is 1.08. The monoisotopic (exact) mass is 362 g/mol. The van der Waals surface area contributed by atoms with Gasteiger partial charge in [-0.15, -0.1) is 0 Å². The van der Waals surface area contributed by atoms with Gasteiger partial charge in [-0.05, 0) is 25.7 Å². The molecule has 0 N–H and O–H groups in total. The maximum absolute atomic E-state index is 1.54. The van der Waals surface area contributed by atoms with Crippen molar-refractivity contribution in [1.29, 1.82) is 0 Å². The zero-order chi connectivity index (χ0) is 17.7. The summed E-state index contributed by atoms with van der Waals surface area (Å²) in [6.45, 7) is 12.2. The second-order valence-electron chi connectivity index (χ2n) is 10.8. The molecule has 2 aliphatic carbocycles. The van der Waals surface area contributed by atoms with E-state index in [0.29, 0.717) is 0 Å². The molecule has 0 spiro atoms. The van der Waals surface area contributed by atoms with Crippen molar-refractivity contribution in [2.24, 2.45) is 11.8 Å². The van der Waals surface area contributed by atoms with Crippen LogP contribution in [0.2, 0.25) is 0 Å². The van der Waals surface area contributed by atoms with Crippen LogP contribution in [0.15, 0.2) is 0 Å². The van der Waals surface area contributed by atoms with Gasteiger partial charge in [0.25, 0.3) is 0 Å². The summed E-state index contributed by atoms with van der Waals surface area (Å²) in [6, 6.07) is 0. The summed E-state index contributed by atoms with van der Waals surface area (Å²) < 4.78 is 3.04. The Hall–Kier alpha value is -0.0800. The fourth-order valence-electron chi connectivity index (χ4n) is 7.38. The van der Waals surface area contributed by atoms with Crippen LogP contribution >= 0.6 is 0 Å². The average molecular weight is 363 g/mol. The first kappa shape index (κ1) is 19.2. The molecule has 0 radical (unpaired) electrons. The summed E-state index contributed by atoms with van der Waals surface area (Å²) in [5, 5.41) is 0. The summed E-state index contributed by atoms with van der Waals surface area (Å²) in [5.41, 5.74) is 0. The highest BCUT2D eigenvalue weighted by molar-refractivity contribution is 4.70. The van der Waals surface area contributed by atoms with E-state index in [9.17, 15) is 0 Å². The lowest BCUT2D eigenvalue weighted by molar-refractivity contribution is -0.926. The maximum atomic E-state index is 1.54. The molecule has 0 bridgehead atoms. The molecular formula is C24H46N2+2. The number of unbranched alkanes of at least 4 members (excludes halogenated alkanes) is 1. The summed E-state index contributed by atoms with van der Waals surface area (Å²) in [4.78, 5) is 0. The first-order valence-corrected chi connectivity index (χ1v) is 12.5. The van der Waals surface area contributed by atoms with Gasteiger partial charge in [-0.1, -0.05) is 25.7 Å². The van der Waals surface area contributed by atoms with Crippen molar-refractivity contribution >= 4 is 0 Å². The second kappa shape index (κ2) is 8.95. The molecule has 2 saturated carbocycles. The number of quaternary nitrogens is 2. The zero-order valence-electron chi connectivity index (χ0n) is 17.6. The van der Waals surface area contributed by atoms with Crippen molar-refractivity contribution in [3.05, 3.63) is 0 Å². The molecule has 0 aromatic heterocycles. The minimum absolute atomic E-state index is 1.08. The van der Waals surface area contributed by atoms with Crippen LogP contribution in [0.3, 0.4) is 0 Å². The van der Waals surface area contributed by atoms with E-state index in [-0.39, 0.29) is 0 Å². The van der Waals surface area contributed by atoms with Gasteiger partial charge in [0.2, 0.25) is 0 Å². The highest BCUT2D eigenvalue weighted by Crippen LogP contribution is 2.33. The van der Waals surface area contributed by atoms with Gasteiger partial charge in [-0.2, -0.15) is 0 Å². The molecule has 2 heterocycles. The van der Waals surface area contributed by atoms with Gasteiger partial charge in [0.1, 0.15) is 0 Å². The quantitative estimate of drug-likeness (QED) is 0.382. The van der Waals surface area contributed by atoms with E-state index in [2.05, 4.69) is 0 Å². The van der Waals surface area contributed by atoms with Gasteiger partial charge in [0.15, 0.2) is 0 Å². The predicted octanol–water partition coefficient (Wildman–Crippen LogP) is 5.37. The van der Waals surface area contributed by atoms with Crippen molar-refractivity contribution in [1.82, 2.24) is 0 Å². The van der Waals surface area contributed by atoms with Crippen LogP contribution in [-0.2, 0) is 0 Å². The van der Waals surface area contributed by atoms with Crippen LogP contribution in [0.4, 0.5) is 0 Å². The lowest BCUT2D eigenvalue weighted by atomic mass is 10.0. The van der Waals surface area contributed by atoms with E-state index in [4.69, 9.17) is 0 Å². The SMILES string of the molecule is C1CCC(C[N+]2(CCCC[N+]3(CC4CCCC4)CCCC3)CCCC2)C1. The Morgan fingerprint density at radius 1 is 0.462 bits per heavy atom. The van der Waals surface area contributed by atoms with Crippen LogP contribution in [0, 0.1) is 11.8 Å². The van der Waals surface area contributed by atoms with E-state index in [1.54, 1.807) is 38.8 Å². The number of nitrogens with zero attached hydrogens (tertiary/aromatic N) is 2. The molecule has 0 amide bonds. The third kappa shape index (κ3) is 4.85. The van der Waals surface area contributed by atoms with Crippen LogP contribution < -0.4 is 0 Å². The van der Waals surface area contributed by atoms with Gasteiger partial charge in [0.05, 0.1) is 52.4 Å². The van der Waals surface area contributed by atoms with Crippen molar-refractivity contribution in [3.8, 4) is 0 Å². The fourth-order valence-corrected chi connectivity index (χ4v) is 7.38. The molecule has 4 aliphatic rings. The molecule has 4 rings (SSSR count). The van der Waals surface area contributed by atoms with Crippen molar-refractivity contribution in [2.45, 2.75) is 89.9 Å². The molecule has 2 heteroatoms. The highest BCUT2D eigenvalue weighted by atomic mass is 15.4. The number of rotatable bonds is 9. The standard InChI is InChI=1S/C24H46N2/c1-2-12-23(11-1)21-25(15-5-6-16-25)19-9-10-20-26(17-7-8-18-26)22-24-13-3-4-14-24/h23-24H,1-22H2/q+2. The second-order valence-corrected chi connectivity index (χ2v) is 10.8.